The van der Waals surface area contributed by atoms with Gasteiger partial charge in [-0.25, -0.2) is 0 Å². The van der Waals surface area contributed by atoms with Gasteiger partial charge in [0.05, 0.1) is 0 Å². The van der Waals surface area contributed by atoms with Crippen LogP contribution in [-0.4, -0.2) is 4.98 Å². The summed E-state index contributed by atoms with van der Waals surface area (Å²) in [4.78, 5) is 4.28. The van der Waals surface area contributed by atoms with Crippen LogP contribution in [-0.2, 0) is 20.1 Å². The smallest absolute Gasteiger partial charge is 0.0160 e. The summed E-state index contributed by atoms with van der Waals surface area (Å²) in [6.07, 6.45) is 5.11. The Bertz CT molecular complexity index is 449. The van der Waals surface area contributed by atoms with Crippen molar-refractivity contribution in [3.8, 4) is 0 Å². The van der Waals surface area contributed by atoms with Crippen molar-refractivity contribution in [3.05, 3.63) is 72.1 Å². The summed E-state index contributed by atoms with van der Waals surface area (Å²) in [7, 11) is 0. The Kier molecular flexibility index (Phi) is 5.10. The first-order valence-corrected chi connectivity index (χ1v) is 4.93. The summed E-state index contributed by atoms with van der Waals surface area (Å²) < 4.78 is 0. The fraction of sp³-hybridized carbons (Fsp3) is 0.0714. The summed E-state index contributed by atoms with van der Waals surface area (Å²) in [6, 6.07) is 16.0. The summed E-state index contributed by atoms with van der Waals surface area (Å²) in [5.74, 6) is 0. The molecule has 16 heavy (non-hydrogen) atoms. The van der Waals surface area contributed by atoms with Gasteiger partial charge in [0.1, 0.15) is 0 Å². The van der Waals surface area contributed by atoms with Gasteiger partial charge in [0.2, 0.25) is 0 Å². The van der Waals surface area contributed by atoms with E-state index < -0.39 is 0 Å². The van der Waals surface area contributed by atoms with Gasteiger partial charge in [0.25, 0.3) is 0 Å². The van der Waals surface area contributed by atoms with Gasteiger partial charge in [0.15, 0.2) is 0 Å². The summed E-state index contributed by atoms with van der Waals surface area (Å²) in [5, 5.41) is 0. The second-order valence-electron chi connectivity index (χ2n) is 3.33. The van der Waals surface area contributed by atoms with Crippen LogP contribution >= 0.6 is 0 Å². The number of allylic oxidation sites excluding steroid dienone is 1. The monoisotopic (exact) mass is 387 g/mol. The summed E-state index contributed by atoms with van der Waals surface area (Å²) >= 11 is 0. The molecule has 0 fully saturated rings. The molecule has 0 spiro atoms. The van der Waals surface area contributed by atoms with Crippen LogP contribution < -0.4 is 0 Å². The quantitative estimate of drug-likeness (QED) is 0.722. The van der Waals surface area contributed by atoms with Crippen LogP contribution in [0.3, 0.4) is 0 Å². The van der Waals surface area contributed by atoms with Gasteiger partial charge in [-0.1, -0.05) is 25.1 Å². The van der Waals surface area contributed by atoms with Gasteiger partial charge in [-0.15, -0.1) is 41.5 Å². The minimum atomic E-state index is 0. The van der Waals surface area contributed by atoms with Crippen molar-refractivity contribution in [1.82, 2.24) is 4.98 Å². The van der Waals surface area contributed by atoms with E-state index in [9.17, 15) is 0 Å². The van der Waals surface area contributed by atoms with Gasteiger partial charge in [-0.3, -0.25) is 0 Å². The van der Waals surface area contributed by atoms with Gasteiger partial charge in [-0.05, 0) is 11.8 Å². The van der Waals surface area contributed by atoms with Gasteiger partial charge >= 0.3 is 0 Å². The molecule has 1 heterocycles. The van der Waals surface area contributed by atoms with Crippen molar-refractivity contribution in [2.75, 3.05) is 0 Å². The molecule has 2 heteroatoms. The van der Waals surface area contributed by atoms with E-state index in [0.717, 1.165) is 16.8 Å². The molecule has 0 saturated heterocycles. The number of rotatable bonds is 2. The van der Waals surface area contributed by atoms with Crippen LogP contribution in [0.25, 0.3) is 5.57 Å². The third-order valence-corrected chi connectivity index (χ3v) is 2.15. The molecule has 1 nitrogen and oxygen atoms in total. The van der Waals surface area contributed by atoms with E-state index in [-0.39, 0.29) is 20.1 Å². The second-order valence-corrected chi connectivity index (χ2v) is 3.33. The Hall–Kier alpha value is -1.24. The van der Waals surface area contributed by atoms with E-state index in [0.29, 0.717) is 0 Å². The van der Waals surface area contributed by atoms with E-state index in [1.165, 1.54) is 0 Å². The predicted molar refractivity (Wildman–Crippen MR) is 62.1 cm³/mol. The predicted octanol–water partition coefficient (Wildman–Crippen LogP) is 3.33. The molecule has 0 aliphatic heterocycles. The summed E-state index contributed by atoms with van der Waals surface area (Å²) in [6.45, 7) is 2.02. The SMILES string of the molecule is CC(=[C-]c1ccccc1)c1ccccn1.[Ir]. The van der Waals surface area contributed by atoms with Crippen molar-refractivity contribution in [2.24, 2.45) is 0 Å². The number of hydrogen-bond donors (Lipinski definition) is 0. The molecule has 0 N–H and O–H groups in total. The van der Waals surface area contributed by atoms with E-state index in [1.54, 1.807) is 6.20 Å². The zero-order valence-electron chi connectivity index (χ0n) is 8.98. The summed E-state index contributed by atoms with van der Waals surface area (Å²) in [5.41, 5.74) is 3.11. The standard InChI is InChI=1S/C14H12N.Ir/c1-12(14-9-5-6-10-15-14)11-13-7-3-2-4-8-13;/h2-10H,1H3;/q-1;. The topological polar surface area (TPSA) is 12.9 Å². The number of benzene rings is 1. The maximum atomic E-state index is 4.28. The second kappa shape index (κ2) is 6.37. The molecule has 83 valence electrons. The first-order chi connectivity index (χ1) is 7.36. The van der Waals surface area contributed by atoms with Gasteiger partial charge in [-0.2, -0.15) is 0 Å². The van der Waals surface area contributed by atoms with E-state index in [4.69, 9.17) is 0 Å². The molecular weight excluding hydrogens is 374 g/mol. The van der Waals surface area contributed by atoms with Crippen molar-refractivity contribution < 1.29 is 20.1 Å². The number of aromatic nitrogens is 1. The zero-order valence-corrected chi connectivity index (χ0v) is 11.4. The van der Waals surface area contributed by atoms with Crippen LogP contribution in [0.2, 0.25) is 0 Å². The maximum Gasteiger partial charge on any atom is 0.0160 e. The third-order valence-electron chi connectivity index (χ3n) is 2.15. The minimum absolute atomic E-state index is 0. The molecule has 2 rings (SSSR count). The van der Waals surface area contributed by atoms with Crippen LogP contribution in [0.1, 0.15) is 18.2 Å². The van der Waals surface area contributed by atoms with Crippen molar-refractivity contribution >= 4 is 5.57 Å². The minimum Gasteiger partial charge on any atom is -0.304 e. The molecule has 2 aromatic rings. The number of hydrogen-bond acceptors (Lipinski definition) is 1. The fourth-order valence-electron chi connectivity index (χ4n) is 1.39. The molecular formula is C14H12IrN-. The van der Waals surface area contributed by atoms with Crippen molar-refractivity contribution in [1.29, 1.82) is 0 Å². The molecule has 1 aromatic carbocycles. The van der Waals surface area contributed by atoms with Crippen LogP contribution in [0.5, 0.6) is 0 Å². The Morgan fingerprint density at radius 2 is 1.69 bits per heavy atom. The molecule has 0 saturated carbocycles. The van der Waals surface area contributed by atoms with E-state index >= 15 is 0 Å². The largest absolute Gasteiger partial charge is 0.304 e. The molecule has 0 unspecified atom stereocenters. The Morgan fingerprint density at radius 1 is 1.00 bits per heavy atom. The van der Waals surface area contributed by atoms with Crippen LogP contribution in [0.4, 0.5) is 0 Å². The number of pyridine rings is 1. The molecule has 0 aliphatic rings. The molecule has 1 aromatic heterocycles. The number of nitrogens with zero attached hydrogens (tertiary/aromatic N) is 1. The molecule has 0 bridgehead atoms. The Labute approximate surface area is 110 Å². The maximum absolute atomic E-state index is 4.28. The Morgan fingerprint density at radius 3 is 2.31 bits per heavy atom. The normalized spacial score (nSPS) is 10.7. The Balaban J connectivity index is 0.00000128. The van der Waals surface area contributed by atoms with Gasteiger partial charge < -0.3 is 4.98 Å². The molecule has 0 amide bonds. The average molecular weight is 386 g/mol. The fourth-order valence-corrected chi connectivity index (χ4v) is 1.39. The van der Waals surface area contributed by atoms with Crippen molar-refractivity contribution in [3.63, 3.8) is 0 Å². The van der Waals surface area contributed by atoms with Crippen LogP contribution in [0.15, 0.2) is 54.7 Å². The molecule has 0 aliphatic carbocycles. The van der Waals surface area contributed by atoms with E-state index in [1.807, 2.05) is 55.5 Å². The molecule has 0 atom stereocenters. The van der Waals surface area contributed by atoms with Crippen molar-refractivity contribution in [2.45, 2.75) is 6.92 Å². The zero-order chi connectivity index (χ0) is 10.5. The third kappa shape index (κ3) is 3.41. The first-order valence-electron chi connectivity index (χ1n) is 4.93. The van der Waals surface area contributed by atoms with Crippen LogP contribution in [0, 0.1) is 6.08 Å². The molecule has 1 radical (unpaired) electrons. The van der Waals surface area contributed by atoms with Gasteiger partial charge in [0, 0.05) is 26.3 Å². The average Bonchev–Trinajstić information content (AvgIpc) is 2.31. The van der Waals surface area contributed by atoms with E-state index in [2.05, 4.69) is 11.1 Å². The first kappa shape index (κ1) is 12.8.